The fourth-order valence-electron chi connectivity index (χ4n) is 1.03. The Bertz CT molecular complexity index is 117. The molecule has 0 spiro atoms. The normalized spacial score (nSPS) is 12.7. The summed E-state index contributed by atoms with van der Waals surface area (Å²) in [7, 11) is 1.22. The van der Waals surface area contributed by atoms with Crippen LogP contribution in [0.3, 0.4) is 0 Å². The maximum Gasteiger partial charge on any atom is 0.111 e. The van der Waals surface area contributed by atoms with Crippen molar-refractivity contribution in [3.63, 3.8) is 0 Å². The second kappa shape index (κ2) is 6.54. The molecule has 0 fully saturated rings. The molecular formula is C9H25N3Si. The van der Waals surface area contributed by atoms with Gasteiger partial charge < -0.3 is 0 Å². The van der Waals surface area contributed by atoms with Crippen LogP contribution in [-0.4, -0.2) is 36.2 Å². The molecule has 3 N–H and O–H groups in total. The maximum absolute atomic E-state index is 3.47. The highest BCUT2D eigenvalue weighted by atomic mass is 28.1. The fraction of sp³-hybridized carbons (Fsp3) is 1.00. The van der Waals surface area contributed by atoms with Crippen LogP contribution in [-0.2, 0) is 0 Å². The fourth-order valence-corrected chi connectivity index (χ4v) is 1.24. The van der Waals surface area contributed by atoms with E-state index in [4.69, 9.17) is 0 Å². The van der Waals surface area contributed by atoms with E-state index in [0.29, 0.717) is 5.04 Å². The molecule has 13 heavy (non-hydrogen) atoms. The SMILES string of the molecule is CCNC(NCC)NCC(C)(C)[SiH3]. The first-order valence-corrected chi connectivity index (χ1v) is 6.19. The van der Waals surface area contributed by atoms with Gasteiger partial charge in [0.1, 0.15) is 6.29 Å². The van der Waals surface area contributed by atoms with Gasteiger partial charge in [-0.15, -0.1) is 0 Å². The molecule has 0 aliphatic rings. The maximum atomic E-state index is 3.47. The minimum Gasteiger partial charge on any atom is -0.290 e. The van der Waals surface area contributed by atoms with Crippen LogP contribution < -0.4 is 16.0 Å². The van der Waals surface area contributed by atoms with Crippen molar-refractivity contribution in [3.8, 4) is 0 Å². The first kappa shape index (κ1) is 13.1. The molecule has 0 aliphatic heterocycles. The van der Waals surface area contributed by atoms with Gasteiger partial charge in [0.2, 0.25) is 0 Å². The lowest BCUT2D eigenvalue weighted by Gasteiger charge is -2.25. The van der Waals surface area contributed by atoms with Gasteiger partial charge in [0, 0.05) is 10.2 Å². The molecule has 0 amide bonds. The molecule has 0 radical (unpaired) electrons. The Labute approximate surface area is 85.5 Å². The van der Waals surface area contributed by atoms with Gasteiger partial charge in [0.05, 0.1) is 0 Å². The lowest BCUT2D eigenvalue weighted by Crippen LogP contribution is -2.53. The zero-order valence-corrected chi connectivity index (χ0v) is 11.7. The Hall–Kier alpha value is 0.0969. The molecule has 0 saturated heterocycles. The molecule has 0 aromatic rings. The third kappa shape index (κ3) is 8.43. The topological polar surface area (TPSA) is 36.1 Å². The highest BCUT2D eigenvalue weighted by molar-refractivity contribution is 6.14. The number of rotatable bonds is 7. The van der Waals surface area contributed by atoms with E-state index in [9.17, 15) is 0 Å². The molecule has 80 valence electrons. The quantitative estimate of drug-likeness (QED) is 0.391. The molecule has 3 nitrogen and oxygen atoms in total. The molecule has 0 aromatic heterocycles. The standard InChI is InChI=1S/C9H25N3Si/c1-5-10-8(11-6-2)12-7-9(3,4)13/h8,10-12H,5-7H2,1-4,13H3. The van der Waals surface area contributed by atoms with E-state index < -0.39 is 0 Å². The number of hydrogen-bond donors (Lipinski definition) is 3. The Balaban J connectivity index is 3.68. The van der Waals surface area contributed by atoms with Crippen molar-refractivity contribution < 1.29 is 0 Å². The summed E-state index contributed by atoms with van der Waals surface area (Å²) >= 11 is 0. The van der Waals surface area contributed by atoms with Crippen molar-refractivity contribution in [3.05, 3.63) is 0 Å². The molecule has 0 heterocycles. The van der Waals surface area contributed by atoms with Crippen molar-refractivity contribution in [1.29, 1.82) is 0 Å². The van der Waals surface area contributed by atoms with Gasteiger partial charge in [0.15, 0.2) is 0 Å². The minimum absolute atomic E-state index is 0.267. The lowest BCUT2D eigenvalue weighted by molar-refractivity contribution is 0.355. The Morgan fingerprint density at radius 1 is 1.08 bits per heavy atom. The van der Waals surface area contributed by atoms with E-state index in [1.165, 1.54) is 10.2 Å². The minimum atomic E-state index is 0.267. The zero-order chi connectivity index (χ0) is 10.3. The molecule has 0 bridgehead atoms. The van der Waals surface area contributed by atoms with E-state index in [2.05, 4.69) is 43.6 Å². The zero-order valence-electron chi connectivity index (χ0n) is 9.70. The summed E-state index contributed by atoms with van der Waals surface area (Å²) in [5.74, 6) is 0. The van der Waals surface area contributed by atoms with Crippen molar-refractivity contribution in [2.45, 2.75) is 39.0 Å². The Kier molecular flexibility index (Phi) is 6.58. The summed E-state index contributed by atoms with van der Waals surface area (Å²) in [6.45, 7) is 11.9. The van der Waals surface area contributed by atoms with Crippen LogP contribution in [0.15, 0.2) is 0 Å². The smallest absolute Gasteiger partial charge is 0.111 e. The van der Waals surface area contributed by atoms with Crippen molar-refractivity contribution >= 4 is 10.2 Å². The van der Waals surface area contributed by atoms with E-state index in [1.807, 2.05) is 0 Å². The van der Waals surface area contributed by atoms with Crippen LogP contribution >= 0.6 is 0 Å². The largest absolute Gasteiger partial charge is 0.290 e. The summed E-state index contributed by atoms with van der Waals surface area (Å²) in [4.78, 5) is 0. The third-order valence-electron chi connectivity index (χ3n) is 1.65. The van der Waals surface area contributed by atoms with Gasteiger partial charge in [-0.1, -0.05) is 27.7 Å². The molecule has 0 aliphatic carbocycles. The van der Waals surface area contributed by atoms with Crippen molar-refractivity contribution in [1.82, 2.24) is 16.0 Å². The first-order valence-electron chi connectivity index (χ1n) is 5.19. The monoisotopic (exact) mass is 203 g/mol. The summed E-state index contributed by atoms with van der Waals surface area (Å²) in [5, 5.41) is 10.6. The van der Waals surface area contributed by atoms with Crippen LogP contribution in [0, 0.1) is 0 Å². The van der Waals surface area contributed by atoms with Crippen molar-refractivity contribution in [2.24, 2.45) is 0 Å². The molecule has 0 rings (SSSR count). The van der Waals surface area contributed by atoms with Crippen LogP contribution in [0.2, 0.25) is 5.04 Å². The average molecular weight is 203 g/mol. The van der Waals surface area contributed by atoms with Crippen LogP contribution in [0.1, 0.15) is 27.7 Å². The number of nitrogens with one attached hydrogen (secondary N) is 3. The van der Waals surface area contributed by atoms with Crippen LogP contribution in [0.25, 0.3) is 0 Å². The number of hydrogen-bond acceptors (Lipinski definition) is 3. The molecule has 0 aromatic carbocycles. The molecular weight excluding hydrogens is 178 g/mol. The molecule has 0 unspecified atom stereocenters. The van der Waals surface area contributed by atoms with E-state index >= 15 is 0 Å². The second-order valence-corrected chi connectivity index (χ2v) is 7.20. The van der Waals surface area contributed by atoms with Crippen molar-refractivity contribution in [2.75, 3.05) is 19.6 Å². The van der Waals surface area contributed by atoms with Gasteiger partial charge in [-0.2, -0.15) is 0 Å². The highest BCUT2D eigenvalue weighted by Gasteiger charge is 2.12. The van der Waals surface area contributed by atoms with E-state index in [-0.39, 0.29) is 6.29 Å². The Morgan fingerprint density at radius 2 is 1.54 bits per heavy atom. The molecule has 4 heteroatoms. The predicted octanol–water partition coefficient (Wildman–Crippen LogP) is -0.357. The van der Waals surface area contributed by atoms with Crippen LogP contribution in [0.4, 0.5) is 0 Å². The van der Waals surface area contributed by atoms with Gasteiger partial charge in [-0.05, 0) is 24.7 Å². The summed E-state index contributed by atoms with van der Waals surface area (Å²) in [5.41, 5.74) is 0. The second-order valence-electron chi connectivity index (χ2n) is 4.49. The van der Waals surface area contributed by atoms with Crippen LogP contribution in [0.5, 0.6) is 0 Å². The predicted molar refractivity (Wildman–Crippen MR) is 63.1 cm³/mol. The Morgan fingerprint density at radius 3 is 1.85 bits per heavy atom. The highest BCUT2D eigenvalue weighted by Crippen LogP contribution is 2.15. The lowest BCUT2D eigenvalue weighted by atomic mass is 10.2. The molecule has 0 saturated carbocycles. The summed E-state index contributed by atoms with van der Waals surface area (Å²) in [6.07, 6.45) is 0.267. The van der Waals surface area contributed by atoms with Gasteiger partial charge >= 0.3 is 0 Å². The van der Waals surface area contributed by atoms with Gasteiger partial charge in [-0.3, -0.25) is 16.0 Å². The summed E-state index contributed by atoms with van der Waals surface area (Å²) < 4.78 is 0. The average Bonchev–Trinajstić information content (AvgIpc) is 2.00. The summed E-state index contributed by atoms with van der Waals surface area (Å²) in [6, 6.07) is 0. The van der Waals surface area contributed by atoms with E-state index in [0.717, 1.165) is 19.6 Å². The first-order chi connectivity index (χ1) is 5.99. The van der Waals surface area contributed by atoms with Gasteiger partial charge in [-0.25, -0.2) is 0 Å². The molecule has 0 atom stereocenters. The third-order valence-corrected chi connectivity index (χ3v) is 2.01. The van der Waals surface area contributed by atoms with E-state index in [1.54, 1.807) is 0 Å². The van der Waals surface area contributed by atoms with Gasteiger partial charge in [0.25, 0.3) is 0 Å².